The summed E-state index contributed by atoms with van der Waals surface area (Å²) in [4.78, 5) is 2.24. The molecule has 2 heterocycles. The minimum absolute atomic E-state index is 0.717. The van der Waals surface area contributed by atoms with Crippen LogP contribution in [0.15, 0.2) is 29.4 Å². The van der Waals surface area contributed by atoms with Crippen LogP contribution in [0.5, 0.6) is 0 Å². The molecule has 2 aromatic rings. The fourth-order valence-electron chi connectivity index (χ4n) is 2.65. The number of benzene rings is 1. The number of thioether (sulfide) groups is 1. The van der Waals surface area contributed by atoms with E-state index in [4.69, 9.17) is 9.47 Å². The zero-order valence-electron chi connectivity index (χ0n) is 14.3. The van der Waals surface area contributed by atoms with Gasteiger partial charge in [-0.15, -0.1) is 10.2 Å². The highest BCUT2D eigenvalue weighted by Crippen LogP contribution is 2.27. The molecule has 130 valence electrons. The third-order valence-electron chi connectivity index (χ3n) is 3.83. The van der Waals surface area contributed by atoms with Crippen molar-refractivity contribution < 1.29 is 9.47 Å². The molecule has 0 bridgehead atoms. The molecule has 1 aromatic heterocycles. The van der Waals surface area contributed by atoms with E-state index in [2.05, 4.69) is 50.9 Å². The number of hydrogen-bond donors (Lipinski definition) is 0. The standard InChI is InChI=1S/C17H24N4O2S/c1-3-22-11-12-24-17-19-18-16(20-7-9-23-10-8-20)21(17)15-6-4-5-14(2)13-15/h4-6,13H,3,7-12H2,1-2H3. The van der Waals surface area contributed by atoms with Gasteiger partial charge in [0.05, 0.1) is 25.5 Å². The number of aryl methyl sites for hydroxylation is 1. The summed E-state index contributed by atoms with van der Waals surface area (Å²) < 4.78 is 13.0. The zero-order valence-corrected chi connectivity index (χ0v) is 15.1. The first-order chi connectivity index (χ1) is 11.8. The van der Waals surface area contributed by atoms with E-state index < -0.39 is 0 Å². The van der Waals surface area contributed by atoms with E-state index in [1.807, 2.05) is 6.92 Å². The molecule has 0 aliphatic carbocycles. The molecule has 1 fully saturated rings. The van der Waals surface area contributed by atoms with Crippen LogP contribution >= 0.6 is 11.8 Å². The lowest BCUT2D eigenvalue weighted by Gasteiger charge is -2.28. The van der Waals surface area contributed by atoms with Gasteiger partial charge in [-0.3, -0.25) is 4.57 Å². The Kier molecular flexibility index (Phi) is 6.12. The van der Waals surface area contributed by atoms with Crippen molar-refractivity contribution >= 4 is 17.7 Å². The van der Waals surface area contributed by atoms with E-state index in [0.29, 0.717) is 6.61 Å². The van der Waals surface area contributed by atoms with Gasteiger partial charge in [-0.05, 0) is 31.5 Å². The fraction of sp³-hybridized carbons (Fsp3) is 0.529. The lowest BCUT2D eigenvalue weighted by molar-refractivity contribution is 0.122. The van der Waals surface area contributed by atoms with E-state index in [-0.39, 0.29) is 0 Å². The Morgan fingerprint density at radius 2 is 2.08 bits per heavy atom. The van der Waals surface area contributed by atoms with Gasteiger partial charge in [-0.1, -0.05) is 23.9 Å². The average molecular weight is 348 g/mol. The van der Waals surface area contributed by atoms with E-state index in [9.17, 15) is 0 Å². The van der Waals surface area contributed by atoms with Crippen LogP contribution in [0, 0.1) is 6.92 Å². The molecule has 1 aliphatic rings. The van der Waals surface area contributed by atoms with Gasteiger partial charge in [0.15, 0.2) is 5.16 Å². The minimum Gasteiger partial charge on any atom is -0.381 e. The number of rotatable bonds is 7. The number of morpholine rings is 1. The quantitative estimate of drug-likeness (QED) is 0.566. The van der Waals surface area contributed by atoms with Gasteiger partial charge in [0.25, 0.3) is 0 Å². The van der Waals surface area contributed by atoms with Gasteiger partial charge in [0, 0.05) is 25.4 Å². The molecule has 0 atom stereocenters. The van der Waals surface area contributed by atoms with Crippen molar-refractivity contribution in [2.24, 2.45) is 0 Å². The molecule has 1 saturated heterocycles. The van der Waals surface area contributed by atoms with Gasteiger partial charge in [0.1, 0.15) is 0 Å². The highest BCUT2D eigenvalue weighted by molar-refractivity contribution is 7.99. The number of aromatic nitrogens is 3. The molecule has 0 amide bonds. The Morgan fingerprint density at radius 3 is 2.83 bits per heavy atom. The normalized spacial score (nSPS) is 15.0. The molecule has 1 aromatic carbocycles. The largest absolute Gasteiger partial charge is 0.381 e. The van der Waals surface area contributed by atoms with Crippen LogP contribution in [0.4, 0.5) is 5.95 Å². The van der Waals surface area contributed by atoms with Crippen molar-refractivity contribution in [1.29, 1.82) is 0 Å². The summed E-state index contributed by atoms with van der Waals surface area (Å²) in [6, 6.07) is 8.44. The van der Waals surface area contributed by atoms with Crippen molar-refractivity contribution in [2.45, 2.75) is 19.0 Å². The van der Waals surface area contributed by atoms with Crippen LogP contribution in [-0.4, -0.2) is 60.0 Å². The molecule has 0 spiro atoms. The molecule has 24 heavy (non-hydrogen) atoms. The maximum absolute atomic E-state index is 5.46. The fourth-order valence-corrected chi connectivity index (χ4v) is 3.45. The van der Waals surface area contributed by atoms with Gasteiger partial charge in [-0.25, -0.2) is 0 Å². The second-order valence-electron chi connectivity index (χ2n) is 5.60. The Balaban J connectivity index is 1.89. The van der Waals surface area contributed by atoms with Crippen molar-refractivity contribution in [1.82, 2.24) is 14.8 Å². The molecule has 0 N–H and O–H groups in total. The van der Waals surface area contributed by atoms with Gasteiger partial charge < -0.3 is 14.4 Å². The lowest BCUT2D eigenvalue weighted by atomic mass is 10.2. The first kappa shape index (κ1) is 17.3. The third-order valence-corrected chi connectivity index (χ3v) is 4.73. The second kappa shape index (κ2) is 8.50. The summed E-state index contributed by atoms with van der Waals surface area (Å²) in [5.41, 5.74) is 2.32. The van der Waals surface area contributed by atoms with Crippen LogP contribution in [0.25, 0.3) is 5.69 Å². The molecular weight excluding hydrogens is 324 g/mol. The number of ether oxygens (including phenoxy) is 2. The molecule has 0 radical (unpaired) electrons. The Hall–Kier alpha value is -1.57. The number of nitrogens with zero attached hydrogens (tertiary/aromatic N) is 4. The van der Waals surface area contributed by atoms with Crippen LogP contribution in [0.1, 0.15) is 12.5 Å². The van der Waals surface area contributed by atoms with Crippen LogP contribution in [0.3, 0.4) is 0 Å². The molecule has 3 rings (SSSR count). The first-order valence-electron chi connectivity index (χ1n) is 8.35. The second-order valence-corrected chi connectivity index (χ2v) is 6.66. The van der Waals surface area contributed by atoms with E-state index in [1.165, 1.54) is 5.56 Å². The predicted octanol–water partition coefficient (Wildman–Crippen LogP) is 2.54. The first-order valence-corrected chi connectivity index (χ1v) is 9.34. The van der Waals surface area contributed by atoms with Crippen LogP contribution < -0.4 is 4.90 Å². The molecule has 6 nitrogen and oxygen atoms in total. The van der Waals surface area contributed by atoms with E-state index in [0.717, 1.165) is 55.5 Å². The Morgan fingerprint density at radius 1 is 1.25 bits per heavy atom. The number of anilines is 1. The maximum atomic E-state index is 5.46. The van der Waals surface area contributed by atoms with Gasteiger partial charge in [0.2, 0.25) is 5.95 Å². The summed E-state index contributed by atoms with van der Waals surface area (Å²) in [6.45, 7) is 8.71. The monoisotopic (exact) mass is 348 g/mol. The Bertz CT molecular complexity index is 656. The zero-order chi connectivity index (χ0) is 16.8. The highest BCUT2D eigenvalue weighted by atomic mass is 32.2. The van der Waals surface area contributed by atoms with E-state index >= 15 is 0 Å². The summed E-state index contributed by atoms with van der Waals surface area (Å²) in [7, 11) is 0. The summed E-state index contributed by atoms with van der Waals surface area (Å²) in [5.74, 6) is 1.75. The third kappa shape index (κ3) is 4.09. The smallest absolute Gasteiger partial charge is 0.232 e. The number of hydrogen-bond acceptors (Lipinski definition) is 6. The molecule has 0 unspecified atom stereocenters. The van der Waals surface area contributed by atoms with Crippen molar-refractivity contribution in [3.05, 3.63) is 29.8 Å². The van der Waals surface area contributed by atoms with Crippen LogP contribution in [-0.2, 0) is 9.47 Å². The van der Waals surface area contributed by atoms with Crippen molar-refractivity contribution in [3.63, 3.8) is 0 Å². The maximum Gasteiger partial charge on any atom is 0.232 e. The minimum atomic E-state index is 0.717. The topological polar surface area (TPSA) is 52.4 Å². The molecule has 7 heteroatoms. The van der Waals surface area contributed by atoms with Crippen molar-refractivity contribution in [3.8, 4) is 5.69 Å². The summed E-state index contributed by atoms with van der Waals surface area (Å²) >= 11 is 1.68. The molecular formula is C17H24N4O2S. The van der Waals surface area contributed by atoms with E-state index in [1.54, 1.807) is 11.8 Å². The molecule has 0 saturated carbocycles. The Labute approximate surface area is 147 Å². The lowest BCUT2D eigenvalue weighted by Crippen LogP contribution is -2.37. The van der Waals surface area contributed by atoms with Crippen molar-refractivity contribution in [2.75, 3.05) is 50.2 Å². The predicted molar refractivity (Wildman–Crippen MR) is 96.3 cm³/mol. The molecule has 1 aliphatic heterocycles. The average Bonchev–Trinajstić information content (AvgIpc) is 3.03. The summed E-state index contributed by atoms with van der Waals surface area (Å²) in [5, 5.41) is 9.80. The van der Waals surface area contributed by atoms with Gasteiger partial charge >= 0.3 is 0 Å². The van der Waals surface area contributed by atoms with Crippen LogP contribution in [0.2, 0.25) is 0 Å². The SMILES string of the molecule is CCOCCSc1nnc(N2CCOCC2)n1-c1cccc(C)c1. The summed E-state index contributed by atoms with van der Waals surface area (Å²) in [6.07, 6.45) is 0. The highest BCUT2D eigenvalue weighted by Gasteiger charge is 2.21. The van der Waals surface area contributed by atoms with Gasteiger partial charge in [-0.2, -0.15) is 0 Å².